The van der Waals surface area contributed by atoms with E-state index in [9.17, 15) is 4.79 Å². The first-order valence-electron chi connectivity index (χ1n) is 8.53. The summed E-state index contributed by atoms with van der Waals surface area (Å²) in [6, 6.07) is 12.3. The minimum atomic E-state index is -0.0898. The number of hydrogen-bond donors (Lipinski definition) is 2. The molecule has 0 radical (unpaired) electrons. The molecule has 1 aromatic carbocycles. The second-order valence-electron chi connectivity index (χ2n) is 6.14. The van der Waals surface area contributed by atoms with Gasteiger partial charge in [0, 0.05) is 32.2 Å². The van der Waals surface area contributed by atoms with Gasteiger partial charge in [0.05, 0.1) is 11.9 Å². The average Bonchev–Trinajstić information content (AvgIpc) is 2.62. The average molecular weight is 324 g/mol. The minimum Gasteiger partial charge on any atom is -0.371 e. The number of pyridine rings is 1. The normalized spacial score (nSPS) is 14.3. The molecule has 1 saturated heterocycles. The van der Waals surface area contributed by atoms with Crippen LogP contribution < -0.4 is 15.5 Å². The number of carbonyl (C=O) groups is 1. The lowest BCUT2D eigenvalue weighted by Crippen LogP contribution is -2.30. The van der Waals surface area contributed by atoms with E-state index in [1.807, 2.05) is 12.1 Å². The van der Waals surface area contributed by atoms with Crippen LogP contribution in [-0.4, -0.2) is 24.0 Å². The minimum absolute atomic E-state index is 0.0898. The Labute approximate surface area is 143 Å². The first-order valence-corrected chi connectivity index (χ1v) is 8.53. The molecule has 0 aliphatic carbocycles. The van der Waals surface area contributed by atoms with E-state index >= 15 is 0 Å². The van der Waals surface area contributed by atoms with Crippen LogP contribution in [0.4, 0.5) is 17.2 Å². The third-order valence-electron chi connectivity index (χ3n) is 4.23. The summed E-state index contributed by atoms with van der Waals surface area (Å²) in [6.45, 7) is 4.50. The van der Waals surface area contributed by atoms with Crippen LogP contribution in [-0.2, 0) is 11.3 Å². The molecule has 2 N–H and O–H groups in total. The SMILES string of the molecule is CC(=O)Nc1ccc(NCc2ccccc2N2CCCCC2)nc1. The Kier molecular flexibility index (Phi) is 5.31. The number of aromatic nitrogens is 1. The summed E-state index contributed by atoms with van der Waals surface area (Å²) in [5.74, 6) is 0.713. The molecule has 5 heteroatoms. The molecular formula is C19H24N4O. The van der Waals surface area contributed by atoms with E-state index < -0.39 is 0 Å². The number of benzene rings is 1. The van der Waals surface area contributed by atoms with Gasteiger partial charge in [-0.3, -0.25) is 4.79 Å². The Morgan fingerprint density at radius 3 is 2.62 bits per heavy atom. The number of anilines is 3. The highest BCUT2D eigenvalue weighted by molar-refractivity contribution is 5.88. The van der Waals surface area contributed by atoms with Crippen molar-refractivity contribution in [3.05, 3.63) is 48.2 Å². The Hall–Kier alpha value is -2.56. The van der Waals surface area contributed by atoms with E-state index in [1.54, 1.807) is 6.20 Å². The third-order valence-corrected chi connectivity index (χ3v) is 4.23. The number of nitrogens with zero attached hydrogens (tertiary/aromatic N) is 2. The number of rotatable bonds is 5. The van der Waals surface area contributed by atoms with Crippen LogP contribution >= 0.6 is 0 Å². The molecule has 2 heterocycles. The van der Waals surface area contributed by atoms with Crippen LogP contribution in [0.1, 0.15) is 31.7 Å². The predicted octanol–water partition coefficient (Wildman–Crippen LogP) is 3.64. The molecule has 0 unspecified atom stereocenters. The van der Waals surface area contributed by atoms with Crippen molar-refractivity contribution in [1.29, 1.82) is 0 Å². The Balaban J connectivity index is 1.65. The van der Waals surface area contributed by atoms with Crippen molar-refractivity contribution >= 4 is 23.1 Å². The number of amides is 1. The molecular weight excluding hydrogens is 300 g/mol. The van der Waals surface area contributed by atoms with Gasteiger partial charge in [-0.1, -0.05) is 18.2 Å². The Morgan fingerprint density at radius 1 is 1.12 bits per heavy atom. The summed E-state index contributed by atoms with van der Waals surface area (Å²) in [5, 5.41) is 6.09. The van der Waals surface area contributed by atoms with E-state index in [1.165, 1.54) is 37.4 Å². The molecule has 0 bridgehead atoms. The number of para-hydroxylation sites is 1. The van der Waals surface area contributed by atoms with E-state index in [0.29, 0.717) is 5.69 Å². The van der Waals surface area contributed by atoms with Crippen molar-refractivity contribution in [3.8, 4) is 0 Å². The molecule has 0 saturated carbocycles. The van der Waals surface area contributed by atoms with Crippen molar-refractivity contribution in [2.75, 3.05) is 28.6 Å². The predicted molar refractivity (Wildman–Crippen MR) is 98.4 cm³/mol. The molecule has 24 heavy (non-hydrogen) atoms. The summed E-state index contributed by atoms with van der Waals surface area (Å²) >= 11 is 0. The van der Waals surface area contributed by atoms with Crippen LogP contribution in [0, 0.1) is 0 Å². The number of carbonyl (C=O) groups excluding carboxylic acids is 1. The van der Waals surface area contributed by atoms with Gasteiger partial charge >= 0.3 is 0 Å². The molecule has 3 rings (SSSR count). The van der Waals surface area contributed by atoms with Crippen LogP contribution in [0.25, 0.3) is 0 Å². The van der Waals surface area contributed by atoms with Crippen molar-refractivity contribution in [1.82, 2.24) is 4.98 Å². The first-order chi connectivity index (χ1) is 11.7. The van der Waals surface area contributed by atoms with Crippen molar-refractivity contribution in [2.24, 2.45) is 0 Å². The molecule has 126 valence electrons. The van der Waals surface area contributed by atoms with Gasteiger partial charge in [0.15, 0.2) is 0 Å². The quantitative estimate of drug-likeness (QED) is 0.881. The first kappa shape index (κ1) is 16.3. The molecule has 0 atom stereocenters. The fourth-order valence-corrected chi connectivity index (χ4v) is 3.07. The van der Waals surface area contributed by atoms with Crippen molar-refractivity contribution in [2.45, 2.75) is 32.7 Å². The van der Waals surface area contributed by atoms with Gasteiger partial charge in [-0.15, -0.1) is 0 Å². The second-order valence-corrected chi connectivity index (χ2v) is 6.14. The van der Waals surface area contributed by atoms with Crippen LogP contribution in [0.5, 0.6) is 0 Å². The lowest BCUT2D eigenvalue weighted by atomic mass is 10.1. The zero-order valence-corrected chi connectivity index (χ0v) is 14.1. The molecule has 1 aromatic heterocycles. The van der Waals surface area contributed by atoms with Gasteiger partial charge in [-0.05, 0) is 43.0 Å². The largest absolute Gasteiger partial charge is 0.371 e. The van der Waals surface area contributed by atoms with Crippen molar-refractivity contribution in [3.63, 3.8) is 0 Å². The summed E-state index contributed by atoms with van der Waals surface area (Å²) in [7, 11) is 0. The lowest BCUT2D eigenvalue weighted by molar-refractivity contribution is -0.114. The molecule has 2 aromatic rings. The highest BCUT2D eigenvalue weighted by atomic mass is 16.1. The molecule has 1 amide bonds. The monoisotopic (exact) mass is 324 g/mol. The van der Waals surface area contributed by atoms with E-state index in [0.717, 1.165) is 25.5 Å². The molecule has 1 fully saturated rings. The maximum absolute atomic E-state index is 11.0. The fourth-order valence-electron chi connectivity index (χ4n) is 3.07. The Morgan fingerprint density at radius 2 is 1.92 bits per heavy atom. The van der Waals surface area contributed by atoms with Crippen LogP contribution in [0.3, 0.4) is 0 Å². The number of piperidine rings is 1. The molecule has 1 aliphatic heterocycles. The fraction of sp³-hybridized carbons (Fsp3) is 0.368. The van der Waals surface area contributed by atoms with Gasteiger partial charge in [-0.25, -0.2) is 4.98 Å². The number of hydrogen-bond acceptors (Lipinski definition) is 4. The maximum Gasteiger partial charge on any atom is 0.221 e. The van der Waals surface area contributed by atoms with E-state index in [2.05, 4.69) is 44.8 Å². The summed E-state index contributed by atoms with van der Waals surface area (Å²) in [4.78, 5) is 17.9. The summed E-state index contributed by atoms with van der Waals surface area (Å²) < 4.78 is 0. The Bertz CT molecular complexity index is 678. The second kappa shape index (κ2) is 7.81. The standard InChI is InChI=1S/C19H24N4O/c1-15(24)22-17-9-10-19(21-14-17)20-13-16-7-3-4-8-18(16)23-11-5-2-6-12-23/h3-4,7-10,14H,2,5-6,11-13H2,1H3,(H,20,21)(H,22,24). The molecule has 1 aliphatic rings. The number of nitrogens with one attached hydrogen (secondary N) is 2. The third kappa shape index (κ3) is 4.25. The van der Waals surface area contributed by atoms with Gasteiger partial charge in [-0.2, -0.15) is 0 Å². The molecule has 0 spiro atoms. The highest BCUT2D eigenvalue weighted by Crippen LogP contribution is 2.24. The topological polar surface area (TPSA) is 57.3 Å². The summed E-state index contributed by atoms with van der Waals surface area (Å²) in [5.41, 5.74) is 3.31. The van der Waals surface area contributed by atoms with Gasteiger partial charge in [0.2, 0.25) is 5.91 Å². The zero-order chi connectivity index (χ0) is 16.8. The lowest BCUT2D eigenvalue weighted by Gasteiger charge is -2.30. The molecule has 5 nitrogen and oxygen atoms in total. The van der Waals surface area contributed by atoms with Gasteiger partial charge in [0.1, 0.15) is 5.82 Å². The van der Waals surface area contributed by atoms with Crippen LogP contribution in [0.2, 0.25) is 0 Å². The highest BCUT2D eigenvalue weighted by Gasteiger charge is 2.13. The van der Waals surface area contributed by atoms with Gasteiger partial charge < -0.3 is 15.5 Å². The maximum atomic E-state index is 11.0. The van der Waals surface area contributed by atoms with E-state index in [-0.39, 0.29) is 5.91 Å². The van der Waals surface area contributed by atoms with E-state index in [4.69, 9.17) is 0 Å². The van der Waals surface area contributed by atoms with Crippen molar-refractivity contribution < 1.29 is 4.79 Å². The smallest absolute Gasteiger partial charge is 0.221 e. The zero-order valence-electron chi connectivity index (χ0n) is 14.1. The summed E-state index contributed by atoms with van der Waals surface area (Å²) in [6.07, 6.45) is 5.55. The van der Waals surface area contributed by atoms with Crippen LogP contribution in [0.15, 0.2) is 42.6 Å². The van der Waals surface area contributed by atoms with Gasteiger partial charge in [0.25, 0.3) is 0 Å².